The zero-order chi connectivity index (χ0) is 38.6. The summed E-state index contributed by atoms with van der Waals surface area (Å²) in [7, 11) is 0. The molecule has 0 radical (unpaired) electrons. The van der Waals surface area contributed by atoms with Gasteiger partial charge in [0.05, 0.1) is 0 Å². The predicted molar refractivity (Wildman–Crippen MR) is 214 cm³/mol. The Morgan fingerprint density at radius 1 is 0.473 bits per heavy atom. The first-order valence-electron chi connectivity index (χ1n) is 19.7. The van der Waals surface area contributed by atoms with Crippen molar-refractivity contribution >= 4 is 36.4 Å². The Labute approximate surface area is 333 Å². The molecule has 0 unspecified atom stereocenters. The molecule has 6 fully saturated rings. The van der Waals surface area contributed by atoms with Crippen LogP contribution in [0.1, 0.15) is 62.3 Å². The number of likely N-dealkylation sites (tertiary alicyclic amines) is 4. The molecule has 0 aromatic heterocycles. The van der Waals surface area contributed by atoms with Gasteiger partial charge in [0.2, 0.25) is 0 Å². The Morgan fingerprint density at radius 2 is 0.745 bits per heavy atom. The van der Waals surface area contributed by atoms with E-state index >= 15 is 0 Å². The van der Waals surface area contributed by atoms with E-state index < -0.39 is 5.60 Å². The molecule has 6 saturated heterocycles. The van der Waals surface area contributed by atoms with E-state index in [1.165, 1.54) is 0 Å². The molecule has 2 aromatic carbocycles. The molecule has 302 valence electrons. The van der Waals surface area contributed by atoms with E-state index in [2.05, 4.69) is 10.6 Å². The van der Waals surface area contributed by atoms with Gasteiger partial charge in [0.15, 0.2) is 0 Å². The molecule has 0 aliphatic carbocycles. The lowest BCUT2D eigenvalue weighted by atomic mass is 10.0. The first kappa shape index (κ1) is 42.3. The van der Waals surface area contributed by atoms with Crippen molar-refractivity contribution in [3.63, 3.8) is 0 Å². The normalized spacial score (nSPS) is 26.4. The first-order chi connectivity index (χ1) is 25.6. The van der Waals surface area contributed by atoms with Crippen LogP contribution in [0.5, 0.6) is 0 Å². The van der Waals surface area contributed by atoms with Crippen molar-refractivity contribution in [1.82, 2.24) is 30.2 Å². The highest BCUT2D eigenvalue weighted by atomic mass is 35.5. The Balaban J connectivity index is 0.000000162. The minimum absolute atomic E-state index is 0. The van der Waals surface area contributed by atoms with Gasteiger partial charge in [-0.25, -0.2) is 9.59 Å². The fraction of sp³-hybridized carbons (Fsp3) is 0.619. The van der Waals surface area contributed by atoms with Crippen LogP contribution in [-0.4, -0.2) is 133 Å². The van der Waals surface area contributed by atoms with Gasteiger partial charge in [-0.2, -0.15) is 0 Å². The maximum atomic E-state index is 12.5. The standard InChI is InChI=1S/C18H24N2O3.C13H16N2O.C11H20N2O2.ClH/c1-18(2,3)23-17(22)20-11-14-9-19(10-15(14)12-20)16(21)13-7-5-4-6-8-13;16-13(10-4-2-1-3-5-10)15-8-11-6-14-7-12(11)9-15;1-11(2,3)15-10(14)13-6-8-4-12-5-9(8)7-13;/h4-8,14-15H,9-12H2,1-3H3;1-5,11-12,14H,6-9H2;8-9,12H,4-7H2,1-3H3;1H/t14-,15+;11-,12+;8-,9+;. The van der Waals surface area contributed by atoms with Gasteiger partial charge in [0.1, 0.15) is 11.2 Å². The quantitative estimate of drug-likeness (QED) is 0.432. The second kappa shape index (κ2) is 17.9. The average Bonchev–Trinajstić information content (AvgIpc) is 3.95. The highest BCUT2D eigenvalue weighted by molar-refractivity contribution is 5.95. The fourth-order valence-electron chi connectivity index (χ4n) is 8.51. The lowest BCUT2D eigenvalue weighted by molar-refractivity contribution is 0.0267. The van der Waals surface area contributed by atoms with Gasteiger partial charge >= 0.3 is 12.2 Å². The van der Waals surface area contributed by atoms with Crippen molar-refractivity contribution in [3.8, 4) is 0 Å². The van der Waals surface area contributed by atoms with Gasteiger partial charge in [0.25, 0.3) is 11.8 Å². The predicted octanol–water partition coefficient (Wildman–Crippen LogP) is 5.10. The SMILES string of the molecule is CC(C)(C)OC(=O)N1C[C@@H]2CN(C(=O)c3ccccc3)C[C@@H]2C1.CC(C)(C)OC(=O)N1C[C@H]2CNC[C@H]2C1.Cl.O=C(c1ccccc1)N1C[C@H]2CNC[C@H]2C1. The lowest BCUT2D eigenvalue weighted by Gasteiger charge is -2.26. The second-order valence-electron chi connectivity index (χ2n) is 17.8. The molecule has 8 rings (SSSR count). The Hall–Kier alpha value is -3.87. The molecule has 0 bridgehead atoms. The number of ether oxygens (including phenoxy) is 2. The van der Waals surface area contributed by atoms with E-state index in [0.29, 0.717) is 48.6 Å². The zero-order valence-corrected chi connectivity index (χ0v) is 34.2. The molecule has 6 heterocycles. The number of hydrogen-bond acceptors (Lipinski definition) is 8. The van der Waals surface area contributed by atoms with Crippen LogP contribution in [0.15, 0.2) is 60.7 Å². The van der Waals surface area contributed by atoms with Crippen LogP contribution in [0.4, 0.5) is 9.59 Å². The molecular formula is C42H61ClN6O6. The van der Waals surface area contributed by atoms with Crippen LogP contribution in [0.25, 0.3) is 0 Å². The van der Waals surface area contributed by atoms with Gasteiger partial charge < -0.3 is 39.7 Å². The zero-order valence-electron chi connectivity index (χ0n) is 33.4. The van der Waals surface area contributed by atoms with Crippen LogP contribution in [0, 0.1) is 35.5 Å². The summed E-state index contributed by atoms with van der Waals surface area (Å²) >= 11 is 0. The summed E-state index contributed by atoms with van der Waals surface area (Å²) in [6.07, 6.45) is -0.398. The number of carbonyl (C=O) groups excluding carboxylic acids is 4. The molecule has 6 aliphatic rings. The number of nitrogens with zero attached hydrogens (tertiary/aromatic N) is 4. The van der Waals surface area contributed by atoms with Crippen LogP contribution in [-0.2, 0) is 9.47 Å². The van der Waals surface area contributed by atoms with E-state index in [1.54, 1.807) is 4.90 Å². The molecule has 55 heavy (non-hydrogen) atoms. The topological polar surface area (TPSA) is 124 Å². The van der Waals surface area contributed by atoms with Crippen LogP contribution in [0.2, 0.25) is 0 Å². The number of carbonyl (C=O) groups is 4. The van der Waals surface area contributed by atoms with Gasteiger partial charge in [-0.15, -0.1) is 12.4 Å². The summed E-state index contributed by atoms with van der Waals surface area (Å²) in [5.41, 5.74) is 0.698. The number of halogens is 1. The number of nitrogens with one attached hydrogen (secondary N) is 2. The molecule has 0 spiro atoms. The van der Waals surface area contributed by atoms with E-state index in [4.69, 9.17) is 9.47 Å². The van der Waals surface area contributed by atoms with Crippen LogP contribution in [0.3, 0.4) is 0 Å². The minimum Gasteiger partial charge on any atom is -0.444 e. The van der Waals surface area contributed by atoms with Crippen LogP contribution >= 0.6 is 12.4 Å². The highest BCUT2D eigenvalue weighted by Crippen LogP contribution is 2.33. The number of amides is 4. The smallest absolute Gasteiger partial charge is 0.410 e. The third kappa shape index (κ3) is 11.1. The maximum Gasteiger partial charge on any atom is 0.410 e. The highest BCUT2D eigenvalue weighted by Gasteiger charge is 2.44. The van der Waals surface area contributed by atoms with E-state index in [9.17, 15) is 19.2 Å². The van der Waals surface area contributed by atoms with Crippen molar-refractivity contribution in [2.24, 2.45) is 35.5 Å². The largest absolute Gasteiger partial charge is 0.444 e. The van der Waals surface area contributed by atoms with Gasteiger partial charge in [-0.05, 0) is 89.5 Å². The first-order valence-corrected chi connectivity index (χ1v) is 19.7. The number of rotatable bonds is 2. The Kier molecular flexibility index (Phi) is 13.8. The maximum absolute atomic E-state index is 12.5. The van der Waals surface area contributed by atoms with Crippen molar-refractivity contribution in [3.05, 3.63) is 71.8 Å². The summed E-state index contributed by atoms with van der Waals surface area (Å²) < 4.78 is 10.8. The molecule has 2 aromatic rings. The molecule has 2 N–H and O–H groups in total. The average molecular weight is 781 g/mol. The summed E-state index contributed by atoms with van der Waals surface area (Å²) in [5, 5.41) is 6.74. The summed E-state index contributed by atoms with van der Waals surface area (Å²) in [6, 6.07) is 19.0. The van der Waals surface area contributed by atoms with E-state index in [-0.39, 0.29) is 42.0 Å². The Morgan fingerprint density at radius 3 is 1.05 bits per heavy atom. The molecule has 0 saturated carbocycles. The summed E-state index contributed by atoms with van der Waals surface area (Å²) in [5.74, 6) is 3.61. The van der Waals surface area contributed by atoms with Gasteiger partial charge in [-0.1, -0.05) is 36.4 Å². The van der Waals surface area contributed by atoms with Crippen molar-refractivity contribution in [1.29, 1.82) is 0 Å². The third-order valence-electron chi connectivity index (χ3n) is 11.2. The molecular weight excluding hydrogens is 720 g/mol. The van der Waals surface area contributed by atoms with Crippen molar-refractivity contribution in [2.75, 3.05) is 78.5 Å². The fourth-order valence-corrected chi connectivity index (χ4v) is 8.51. The molecule has 6 atom stereocenters. The van der Waals surface area contributed by atoms with Crippen LogP contribution < -0.4 is 10.6 Å². The third-order valence-corrected chi connectivity index (χ3v) is 11.2. The van der Waals surface area contributed by atoms with Gasteiger partial charge in [0, 0.05) is 101 Å². The van der Waals surface area contributed by atoms with Gasteiger partial charge in [-0.3, -0.25) is 9.59 Å². The molecule has 6 aliphatic heterocycles. The Bertz CT molecular complexity index is 1580. The summed E-state index contributed by atoms with van der Waals surface area (Å²) in [4.78, 5) is 56.2. The second-order valence-corrected chi connectivity index (χ2v) is 17.8. The minimum atomic E-state index is -0.468. The number of fused-ring (bicyclic) bond motifs is 3. The summed E-state index contributed by atoms with van der Waals surface area (Å²) in [6.45, 7) is 21.9. The molecule has 4 amide bonds. The number of benzene rings is 2. The molecule has 13 heteroatoms. The lowest BCUT2D eigenvalue weighted by Crippen LogP contribution is -2.38. The molecule has 12 nitrogen and oxygen atoms in total. The number of hydrogen-bond donors (Lipinski definition) is 2. The van der Waals surface area contributed by atoms with E-state index in [1.807, 2.05) is 117 Å². The van der Waals surface area contributed by atoms with E-state index in [0.717, 1.165) is 76.6 Å². The van der Waals surface area contributed by atoms with Crippen molar-refractivity contribution in [2.45, 2.75) is 52.7 Å². The monoisotopic (exact) mass is 780 g/mol. The van der Waals surface area contributed by atoms with Crippen molar-refractivity contribution < 1.29 is 28.7 Å².